The highest BCUT2D eigenvalue weighted by atomic mass is 16.7. The second-order valence-corrected chi connectivity index (χ2v) is 7.01. The van der Waals surface area contributed by atoms with Crippen molar-refractivity contribution in [2.24, 2.45) is 0 Å². The Morgan fingerprint density at radius 3 is 2.38 bits per heavy atom. The molecular weight excluding hydrogens is 338 g/mol. The third-order valence-electron chi connectivity index (χ3n) is 5.32. The largest absolute Gasteiger partial charge is 0.478 e. The van der Waals surface area contributed by atoms with E-state index in [4.69, 9.17) is 14.2 Å². The normalized spacial score (nSPS) is 21.5. The Kier molecular flexibility index (Phi) is 4.82. The molecule has 0 aromatic heterocycles. The highest BCUT2D eigenvalue weighted by Crippen LogP contribution is 2.38. The Balaban J connectivity index is 1.45. The number of carbonyl (C=O) groups is 2. The summed E-state index contributed by atoms with van der Waals surface area (Å²) in [5, 5.41) is 12.1. The minimum atomic E-state index is -1.36. The Labute approximate surface area is 151 Å². The van der Waals surface area contributed by atoms with Crippen LogP contribution in [0.4, 0.5) is 10.5 Å². The number of nitrogens with one attached hydrogen (secondary N) is 1. The molecule has 7 heteroatoms. The molecule has 0 bridgehead atoms. The molecule has 140 valence electrons. The van der Waals surface area contributed by atoms with Crippen LogP contribution in [0.1, 0.15) is 41.5 Å². The first kappa shape index (κ1) is 17.3. The van der Waals surface area contributed by atoms with Crippen molar-refractivity contribution < 1.29 is 28.9 Å². The molecule has 1 unspecified atom stereocenters. The predicted molar refractivity (Wildman–Crippen MR) is 92.3 cm³/mol. The van der Waals surface area contributed by atoms with Crippen LogP contribution in [0.5, 0.6) is 0 Å². The second-order valence-electron chi connectivity index (χ2n) is 7.01. The summed E-state index contributed by atoms with van der Waals surface area (Å²) in [6.45, 7) is 0.381. The Hall–Kier alpha value is -2.12. The maximum atomic E-state index is 12.4. The van der Waals surface area contributed by atoms with Gasteiger partial charge in [-0.3, -0.25) is 5.32 Å². The maximum Gasteiger partial charge on any atom is 0.412 e. The summed E-state index contributed by atoms with van der Waals surface area (Å²) < 4.78 is 15.5. The van der Waals surface area contributed by atoms with Crippen LogP contribution in [-0.4, -0.2) is 42.8 Å². The van der Waals surface area contributed by atoms with E-state index in [1.54, 1.807) is 0 Å². The summed E-state index contributed by atoms with van der Waals surface area (Å²) in [5.74, 6) is -1.23. The predicted octanol–water partition coefficient (Wildman–Crippen LogP) is 2.43. The fourth-order valence-electron chi connectivity index (χ4n) is 3.92. The van der Waals surface area contributed by atoms with Crippen molar-refractivity contribution in [1.29, 1.82) is 0 Å². The van der Waals surface area contributed by atoms with Crippen LogP contribution in [0.3, 0.4) is 0 Å². The second kappa shape index (κ2) is 7.25. The summed E-state index contributed by atoms with van der Waals surface area (Å²) >= 11 is 0. The SMILES string of the molecule is O=C(Nc1c2c(cc3c1CCC3)CCC2)O[C@H](COC1CCO1)C(=O)O. The number of benzene rings is 1. The van der Waals surface area contributed by atoms with Gasteiger partial charge in [0, 0.05) is 6.42 Å². The Morgan fingerprint density at radius 2 is 1.85 bits per heavy atom. The number of carboxylic acid groups (broad SMARTS) is 1. The lowest BCUT2D eigenvalue weighted by molar-refractivity contribution is -0.224. The van der Waals surface area contributed by atoms with E-state index < -0.39 is 24.5 Å². The molecule has 7 nitrogen and oxygen atoms in total. The number of anilines is 1. The van der Waals surface area contributed by atoms with Crippen molar-refractivity contribution in [3.63, 3.8) is 0 Å². The van der Waals surface area contributed by atoms with Gasteiger partial charge in [0.15, 0.2) is 6.29 Å². The summed E-state index contributed by atoms with van der Waals surface area (Å²) in [6.07, 6.45) is 4.30. The van der Waals surface area contributed by atoms with Gasteiger partial charge in [0.1, 0.15) is 0 Å². The van der Waals surface area contributed by atoms with Gasteiger partial charge in [0.05, 0.1) is 18.9 Å². The van der Waals surface area contributed by atoms with Gasteiger partial charge in [0.2, 0.25) is 6.10 Å². The van der Waals surface area contributed by atoms with Crippen LogP contribution in [0.25, 0.3) is 0 Å². The summed E-state index contributed by atoms with van der Waals surface area (Å²) in [4.78, 5) is 23.7. The van der Waals surface area contributed by atoms with Crippen molar-refractivity contribution >= 4 is 17.7 Å². The molecule has 26 heavy (non-hydrogen) atoms. The molecule has 0 spiro atoms. The molecule has 1 saturated heterocycles. The topological polar surface area (TPSA) is 94.1 Å². The summed E-state index contributed by atoms with van der Waals surface area (Å²) in [7, 11) is 0. The van der Waals surface area contributed by atoms with Gasteiger partial charge in [-0.1, -0.05) is 6.07 Å². The summed E-state index contributed by atoms with van der Waals surface area (Å²) in [6, 6.07) is 2.27. The lowest BCUT2D eigenvalue weighted by Crippen LogP contribution is -2.38. The lowest BCUT2D eigenvalue weighted by Gasteiger charge is -2.27. The average molecular weight is 361 g/mol. The number of hydrogen-bond acceptors (Lipinski definition) is 5. The van der Waals surface area contributed by atoms with Crippen LogP contribution in [-0.2, 0) is 44.7 Å². The zero-order valence-corrected chi connectivity index (χ0v) is 14.6. The Bertz CT molecular complexity index is 695. The van der Waals surface area contributed by atoms with Crippen molar-refractivity contribution in [3.05, 3.63) is 28.3 Å². The minimum Gasteiger partial charge on any atom is -0.478 e. The van der Waals surface area contributed by atoms with Gasteiger partial charge in [0.25, 0.3) is 0 Å². The standard InChI is InChI=1S/C19H23NO6/c21-18(22)15(10-25-16-7-8-24-16)26-19(23)20-17-13-5-1-3-11(13)9-12-4-2-6-14(12)17/h9,15-16H,1-8,10H2,(H,20,23)(H,21,22)/t15-,16?/m1/s1. The van der Waals surface area contributed by atoms with Gasteiger partial charge in [-0.2, -0.15) is 0 Å². The van der Waals surface area contributed by atoms with Crippen LogP contribution in [0.2, 0.25) is 0 Å². The van der Waals surface area contributed by atoms with Gasteiger partial charge < -0.3 is 19.3 Å². The molecule has 2 atom stereocenters. The number of rotatable bonds is 6. The van der Waals surface area contributed by atoms with Gasteiger partial charge >= 0.3 is 12.1 Å². The van der Waals surface area contributed by atoms with Gasteiger partial charge in [-0.05, 0) is 60.8 Å². The number of ether oxygens (including phenoxy) is 3. The number of hydrogen-bond donors (Lipinski definition) is 2. The van der Waals surface area contributed by atoms with Crippen LogP contribution < -0.4 is 5.32 Å². The number of carbonyl (C=O) groups excluding carboxylic acids is 1. The molecule has 3 aliphatic rings. The first-order chi connectivity index (χ1) is 12.6. The van der Waals surface area contributed by atoms with Gasteiger partial charge in [-0.25, -0.2) is 9.59 Å². The highest BCUT2D eigenvalue weighted by Gasteiger charge is 2.29. The molecule has 1 amide bonds. The van der Waals surface area contributed by atoms with Crippen molar-refractivity contribution in [1.82, 2.24) is 0 Å². The van der Waals surface area contributed by atoms with Crippen LogP contribution >= 0.6 is 0 Å². The Morgan fingerprint density at radius 1 is 1.19 bits per heavy atom. The molecule has 0 saturated carbocycles. The molecule has 0 radical (unpaired) electrons. The molecule has 2 N–H and O–H groups in total. The number of amides is 1. The first-order valence-corrected chi connectivity index (χ1v) is 9.22. The van der Waals surface area contributed by atoms with Crippen LogP contribution in [0.15, 0.2) is 6.07 Å². The molecule has 2 aliphatic carbocycles. The highest BCUT2D eigenvalue weighted by molar-refractivity contribution is 5.90. The first-order valence-electron chi connectivity index (χ1n) is 9.22. The van der Waals surface area contributed by atoms with Crippen molar-refractivity contribution in [2.75, 3.05) is 18.5 Å². The quantitative estimate of drug-likeness (QED) is 0.808. The van der Waals surface area contributed by atoms with E-state index in [1.165, 1.54) is 22.3 Å². The fourth-order valence-corrected chi connectivity index (χ4v) is 3.92. The third kappa shape index (κ3) is 3.41. The third-order valence-corrected chi connectivity index (χ3v) is 5.32. The molecular formula is C19H23NO6. The van der Waals surface area contributed by atoms with Crippen molar-refractivity contribution in [3.8, 4) is 0 Å². The monoisotopic (exact) mass is 361 g/mol. The number of aliphatic carboxylic acids is 1. The minimum absolute atomic E-state index is 0.224. The molecule has 1 aliphatic heterocycles. The fraction of sp³-hybridized carbons (Fsp3) is 0.579. The van der Waals surface area contributed by atoms with Gasteiger partial charge in [-0.15, -0.1) is 0 Å². The van der Waals surface area contributed by atoms with Crippen molar-refractivity contribution in [2.45, 2.75) is 57.3 Å². The van der Waals surface area contributed by atoms with E-state index in [-0.39, 0.29) is 6.61 Å². The smallest absolute Gasteiger partial charge is 0.412 e. The molecule has 4 rings (SSSR count). The zero-order chi connectivity index (χ0) is 18.1. The van der Waals surface area contributed by atoms with E-state index in [0.717, 1.165) is 50.6 Å². The number of fused-ring (bicyclic) bond motifs is 2. The number of carboxylic acids is 1. The van der Waals surface area contributed by atoms with E-state index in [1.807, 2.05) is 0 Å². The number of aryl methyl sites for hydroxylation is 2. The summed E-state index contributed by atoms with van der Waals surface area (Å²) in [5.41, 5.74) is 5.77. The average Bonchev–Trinajstić information content (AvgIpc) is 3.20. The van der Waals surface area contributed by atoms with E-state index in [9.17, 15) is 14.7 Å². The maximum absolute atomic E-state index is 12.4. The van der Waals surface area contributed by atoms with E-state index >= 15 is 0 Å². The van der Waals surface area contributed by atoms with E-state index in [0.29, 0.717) is 6.61 Å². The van der Waals surface area contributed by atoms with Crippen LogP contribution in [0, 0.1) is 0 Å². The molecule has 1 aromatic carbocycles. The zero-order valence-electron chi connectivity index (χ0n) is 14.6. The molecule has 1 fully saturated rings. The van der Waals surface area contributed by atoms with E-state index in [2.05, 4.69) is 11.4 Å². The molecule has 1 heterocycles. The molecule has 1 aromatic rings. The lowest BCUT2D eigenvalue weighted by atomic mass is 9.99.